The highest BCUT2D eigenvalue weighted by Crippen LogP contribution is 2.34. The molecule has 144 valence electrons. The first-order valence-electron chi connectivity index (χ1n) is 7.68. The van der Waals surface area contributed by atoms with Gasteiger partial charge in [0.15, 0.2) is 5.76 Å². The number of furan rings is 1. The maximum absolute atomic E-state index is 12.8. The van der Waals surface area contributed by atoms with Crippen LogP contribution in [0.25, 0.3) is 11.3 Å². The van der Waals surface area contributed by atoms with Gasteiger partial charge < -0.3 is 9.73 Å². The van der Waals surface area contributed by atoms with E-state index in [1.165, 1.54) is 30.3 Å². The van der Waals surface area contributed by atoms with Crippen LogP contribution in [0, 0.1) is 10.1 Å². The minimum atomic E-state index is -4.59. The molecule has 1 heterocycles. The first-order valence-corrected chi connectivity index (χ1v) is 8.06. The highest BCUT2D eigenvalue weighted by molar-refractivity contribution is 6.33. The molecule has 0 unspecified atom stereocenters. The Morgan fingerprint density at radius 1 is 1.11 bits per heavy atom. The summed E-state index contributed by atoms with van der Waals surface area (Å²) in [7, 11) is 0. The molecular formula is C18H10ClF3N2O4. The maximum Gasteiger partial charge on any atom is 0.416 e. The summed E-state index contributed by atoms with van der Waals surface area (Å²) in [6, 6.07) is 10.8. The van der Waals surface area contributed by atoms with Crippen LogP contribution in [-0.4, -0.2) is 10.8 Å². The molecule has 28 heavy (non-hydrogen) atoms. The number of benzene rings is 2. The zero-order valence-corrected chi connectivity index (χ0v) is 14.5. The van der Waals surface area contributed by atoms with Gasteiger partial charge in [0.2, 0.25) is 0 Å². The van der Waals surface area contributed by atoms with Gasteiger partial charge in [0.25, 0.3) is 11.6 Å². The predicted octanol–water partition coefficient (Wildman–Crippen LogP) is 5.78. The number of alkyl halides is 3. The third-order valence-electron chi connectivity index (χ3n) is 3.71. The van der Waals surface area contributed by atoms with Crippen molar-refractivity contribution in [1.29, 1.82) is 0 Å². The minimum absolute atomic E-state index is 0.0770. The second kappa shape index (κ2) is 7.35. The van der Waals surface area contributed by atoms with E-state index < -0.39 is 22.6 Å². The number of halogens is 4. The van der Waals surface area contributed by atoms with Crippen LogP contribution in [-0.2, 0) is 6.18 Å². The van der Waals surface area contributed by atoms with Gasteiger partial charge in [-0.3, -0.25) is 14.9 Å². The largest absolute Gasteiger partial charge is 0.451 e. The van der Waals surface area contributed by atoms with E-state index in [1.54, 1.807) is 6.07 Å². The fraction of sp³-hybridized carbons (Fsp3) is 0.0556. The molecular weight excluding hydrogens is 401 g/mol. The lowest BCUT2D eigenvalue weighted by Crippen LogP contribution is -2.13. The predicted molar refractivity (Wildman–Crippen MR) is 95.2 cm³/mol. The topological polar surface area (TPSA) is 85.4 Å². The van der Waals surface area contributed by atoms with Crippen LogP contribution in [0.5, 0.6) is 0 Å². The van der Waals surface area contributed by atoms with Crippen molar-refractivity contribution in [2.45, 2.75) is 6.18 Å². The highest BCUT2D eigenvalue weighted by Gasteiger charge is 2.31. The summed E-state index contributed by atoms with van der Waals surface area (Å²) < 4.78 is 43.8. The van der Waals surface area contributed by atoms with Crippen molar-refractivity contribution >= 4 is 28.9 Å². The lowest BCUT2D eigenvalue weighted by molar-refractivity contribution is -0.384. The number of amides is 1. The average molecular weight is 411 g/mol. The van der Waals surface area contributed by atoms with Gasteiger partial charge in [-0.25, -0.2) is 0 Å². The summed E-state index contributed by atoms with van der Waals surface area (Å²) in [5.74, 6) is -0.836. The molecule has 1 aromatic heterocycles. The molecule has 3 rings (SSSR count). The monoisotopic (exact) mass is 410 g/mol. The van der Waals surface area contributed by atoms with Gasteiger partial charge >= 0.3 is 6.18 Å². The lowest BCUT2D eigenvalue weighted by atomic mass is 10.1. The van der Waals surface area contributed by atoms with Gasteiger partial charge in [-0.05, 0) is 30.3 Å². The van der Waals surface area contributed by atoms with Gasteiger partial charge in [0, 0.05) is 17.7 Å². The van der Waals surface area contributed by atoms with Crippen LogP contribution >= 0.6 is 11.6 Å². The van der Waals surface area contributed by atoms with Gasteiger partial charge in [-0.2, -0.15) is 13.2 Å². The summed E-state index contributed by atoms with van der Waals surface area (Å²) in [4.78, 5) is 22.6. The molecule has 0 bridgehead atoms. The molecule has 3 aromatic rings. The van der Waals surface area contributed by atoms with Crippen LogP contribution in [0.3, 0.4) is 0 Å². The Morgan fingerprint density at radius 2 is 1.86 bits per heavy atom. The number of hydrogen-bond acceptors (Lipinski definition) is 4. The quantitative estimate of drug-likeness (QED) is 0.436. The van der Waals surface area contributed by atoms with E-state index in [-0.39, 0.29) is 27.9 Å². The second-order valence-corrected chi connectivity index (χ2v) is 6.03. The number of anilines is 1. The number of nitrogens with one attached hydrogen (secondary N) is 1. The number of nitrogens with zero attached hydrogens (tertiary/aromatic N) is 1. The molecule has 6 nitrogen and oxygen atoms in total. The summed E-state index contributed by atoms with van der Waals surface area (Å²) in [5.41, 5.74) is -0.986. The number of carbonyl (C=O) groups excluding carboxylic acids is 1. The lowest BCUT2D eigenvalue weighted by Gasteiger charge is -2.11. The van der Waals surface area contributed by atoms with Crippen molar-refractivity contribution in [3.8, 4) is 11.3 Å². The summed E-state index contributed by atoms with van der Waals surface area (Å²) >= 11 is 5.85. The van der Waals surface area contributed by atoms with E-state index in [0.717, 1.165) is 12.1 Å². The summed E-state index contributed by atoms with van der Waals surface area (Å²) in [6.07, 6.45) is -4.59. The Balaban J connectivity index is 1.84. The van der Waals surface area contributed by atoms with Crippen LogP contribution in [0.2, 0.25) is 5.02 Å². The van der Waals surface area contributed by atoms with Crippen LogP contribution in [0.1, 0.15) is 16.1 Å². The zero-order chi connectivity index (χ0) is 20.5. The van der Waals surface area contributed by atoms with Crippen LogP contribution < -0.4 is 5.32 Å². The number of non-ortho nitro benzene ring substituents is 1. The van der Waals surface area contributed by atoms with E-state index in [4.69, 9.17) is 16.0 Å². The van der Waals surface area contributed by atoms with Gasteiger partial charge in [0.1, 0.15) is 5.76 Å². The Hall–Kier alpha value is -3.33. The standard InChI is InChI=1S/C18H10ClF3N2O4/c19-13-5-4-11(18(20,21)22)9-14(13)23-17(25)16-7-6-15(28-16)10-2-1-3-12(8-10)24(26)27/h1-9H,(H,23,25). The molecule has 0 spiro atoms. The molecule has 1 N–H and O–H groups in total. The summed E-state index contributed by atoms with van der Waals surface area (Å²) in [6.45, 7) is 0. The number of hydrogen-bond donors (Lipinski definition) is 1. The fourth-order valence-electron chi connectivity index (χ4n) is 2.37. The number of carbonyl (C=O) groups is 1. The highest BCUT2D eigenvalue weighted by atomic mass is 35.5. The molecule has 0 fully saturated rings. The molecule has 10 heteroatoms. The van der Waals surface area contributed by atoms with Crippen molar-refractivity contribution in [2.24, 2.45) is 0 Å². The van der Waals surface area contributed by atoms with Gasteiger partial charge in [0.05, 0.1) is 21.2 Å². The normalized spacial score (nSPS) is 11.3. The van der Waals surface area contributed by atoms with Gasteiger partial charge in [-0.1, -0.05) is 23.7 Å². The Kier molecular flexibility index (Phi) is 5.10. The van der Waals surface area contributed by atoms with E-state index in [0.29, 0.717) is 11.6 Å². The number of nitro benzene ring substituents is 1. The molecule has 0 aliphatic rings. The van der Waals surface area contributed by atoms with E-state index in [2.05, 4.69) is 5.32 Å². The third-order valence-corrected chi connectivity index (χ3v) is 4.04. The Morgan fingerprint density at radius 3 is 2.54 bits per heavy atom. The molecule has 1 amide bonds. The zero-order valence-electron chi connectivity index (χ0n) is 13.8. The second-order valence-electron chi connectivity index (χ2n) is 5.62. The first-order chi connectivity index (χ1) is 13.1. The van der Waals surface area contributed by atoms with Crippen molar-refractivity contribution in [2.75, 3.05) is 5.32 Å². The SMILES string of the molecule is O=C(Nc1cc(C(F)(F)F)ccc1Cl)c1ccc(-c2cccc([N+](=O)[O-])c2)o1. The minimum Gasteiger partial charge on any atom is -0.451 e. The van der Waals surface area contributed by atoms with Crippen LogP contribution in [0.15, 0.2) is 59.0 Å². The molecule has 0 saturated carbocycles. The smallest absolute Gasteiger partial charge is 0.416 e. The van der Waals surface area contributed by atoms with Crippen LogP contribution in [0.4, 0.5) is 24.5 Å². The maximum atomic E-state index is 12.8. The Labute approximate surface area is 160 Å². The molecule has 0 radical (unpaired) electrons. The fourth-order valence-corrected chi connectivity index (χ4v) is 2.53. The van der Waals surface area contributed by atoms with E-state index in [9.17, 15) is 28.1 Å². The van der Waals surface area contributed by atoms with E-state index in [1.807, 2.05) is 0 Å². The summed E-state index contributed by atoms with van der Waals surface area (Å²) in [5, 5.41) is 13.0. The third kappa shape index (κ3) is 4.15. The van der Waals surface area contributed by atoms with Crippen molar-refractivity contribution in [1.82, 2.24) is 0 Å². The molecule has 0 atom stereocenters. The van der Waals surface area contributed by atoms with Crippen molar-refractivity contribution in [3.05, 3.63) is 81.1 Å². The first kappa shape index (κ1) is 19.4. The number of nitro groups is 1. The van der Waals surface area contributed by atoms with Crippen molar-refractivity contribution in [3.63, 3.8) is 0 Å². The molecule has 0 saturated heterocycles. The van der Waals surface area contributed by atoms with Crippen molar-refractivity contribution < 1.29 is 27.3 Å². The molecule has 0 aliphatic carbocycles. The Bertz CT molecular complexity index is 1060. The molecule has 2 aromatic carbocycles. The average Bonchev–Trinajstić information content (AvgIpc) is 3.13. The van der Waals surface area contributed by atoms with Gasteiger partial charge in [-0.15, -0.1) is 0 Å². The van der Waals surface area contributed by atoms with E-state index >= 15 is 0 Å². The molecule has 0 aliphatic heterocycles. The number of rotatable bonds is 4.